The Kier molecular flexibility index (Phi) is 6.77. The quantitative estimate of drug-likeness (QED) is 0.739. The van der Waals surface area contributed by atoms with Gasteiger partial charge in [0.15, 0.2) is 0 Å². The van der Waals surface area contributed by atoms with Crippen LogP contribution in [0.25, 0.3) is 0 Å². The second kappa shape index (κ2) is 9.30. The molecule has 0 radical (unpaired) electrons. The third kappa shape index (κ3) is 5.19. The Balaban J connectivity index is 1.58. The average Bonchev–Trinajstić information content (AvgIpc) is 2.71. The summed E-state index contributed by atoms with van der Waals surface area (Å²) in [6.07, 6.45) is 0. The molecule has 0 saturated carbocycles. The Bertz CT molecular complexity index is 880. The van der Waals surface area contributed by atoms with Gasteiger partial charge in [-0.15, -0.1) is 0 Å². The molecule has 1 heterocycles. The molecule has 6 heteroatoms. The SMILES string of the molecule is CN(C)CCNC(=O)c1cccc(CNC(=O)N2CC(C)(C)C2c2ccccc2)c1. The number of nitrogens with zero attached hydrogens (tertiary/aromatic N) is 2. The van der Waals surface area contributed by atoms with Crippen molar-refractivity contribution >= 4 is 11.9 Å². The second-order valence-corrected chi connectivity index (χ2v) is 8.85. The molecule has 0 aromatic heterocycles. The van der Waals surface area contributed by atoms with Crippen LogP contribution in [-0.2, 0) is 6.54 Å². The molecule has 2 aromatic carbocycles. The number of likely N-dealkylation sites (N-methyl/N-ethyl adjacent to an activating group) is 1. The maximum Gasteiger partial charge on any atom is 0.318 e. The fraction of sp³-hybridized carbons (Fsp3) is 0.417. The largest absolute Gasteiger partial charge is 0.351 e. The highest BCUT2D eigenvalue weighted by molar-refractivity contribution is 5.94. The zero-order valence-electron chi connectivity index (χ0n) is 18.3. The number of rotatable bonds is 7. The van der Waals surface area contributed by atoms with Crippen LogP contribution in [0.2, 0.25) is 0 Å². The van der Waals surface area contributed by atoms with Crippen LogP contribution in [0.5, 0.6) is 0 Å². The summed E-state index contributed by atoms with van der Waals surface area (Å²) >= 11 is 0. The number of urea groups is 1. The summed E-state index contributed by atoms with van der Waals surface area (Å²) in [5, 5.41) is 5.93. The Labute approximate surface area is 179 Å². The summed E-state index contributed by atoms with van der Waals surface area (Å²) in [5.74, 6) is -0.0985. The van der Waals surface area contributed by atoms with Gasteiger partial charge in [-0.1, -0.05) is 56.3 Å². The van der Waals surface area contributed by atoms with E-state index in [0.29, 0.717) is 25.2 Å². The number of amides is 3. The third-order valence-corrected chi connectivity index (χ3v) is 5.48. The lowest BCUT2D eigenvalue weighted by Gasteiger charge is -2.54. The molecule has 1 atom stereocenters. The van der Waals surface area contributed by atoms with E-state index in [4.69, 9.17) is 0 Å². The lowest BCUT2D eigenvalue weighted by molar-refractivity contribution is -0.0165. The molecule has 0 spiro atoms. The third-order valence-electron chi connectivity index (χ3n) is 5.48. The monoisotopic (exact) mass is 408 g/mol. The van der Waals surface area contributed by atoms with Gasteiger partial charge in [0.1, 0.15) is 0 Å². The maximum absolute atomic E-state index is 12.8. The van der Waals surface area contributed by atoms with Crippen LogP contribution in [0, 0.1) is 5.41 Å². The molecule has 0 aliphatic carbocycles. The van der Waals surface area contributed by atoms with Crippen LogP contribution in [0.3, 0.4) is 0 Å². The summed E-state index contributed by atoms with van der Waals surface area (Å²) in [5.41, 5.74) is 2.70. The fourth-order valence-corrected chi connectivity index (χ4v) is 3.98. The van der Waals surface area contributed by atoms with E-state index < -0.39 is 0 Å². The molecule has 160 valence electrons. The first kappa shape index (κ1) is 21.8. The van der Waals surface area contributed by atoms with Crippen molar-refractivity contribution in [3.8, 4) is 0 Å². The normalized spacial score (nSPS) is 17.4. The molecule has 2 aromatic rings. The van der Waals surface area contributed by atoms with Gasteiger partial charge in [0.25, 0.3) is 5.91 Å². The van der Waals surface area contributed by atoms with Gasteiger partial charge in [0, 0.05) is 37.2 Å². The molecular formula is C24H32N4O2. The molecule has 1 unspecified atom stereocenters. The predicted molar refractivity (Wildman–Crippen MR) is 119 cm³/mol. The standard InChI is InChI=1S/C24H32N4O2/c1-24(2)17-28(21(24)19-10-6-5-7-11-19)23(30)26-16-18-9-8-12-20(15-18)22(29)25-13-14-27(3)4/h5-12,15,21H,13-14,16-17H2,1-4H3,(H,25,29)(H,26,30). The topological polar surface area (TPSA) is 64.7 Å². The predicted octanol–water partition coefficient (Wildman–Crippen LogP) is 3.27. The van der Waals surface area contributed by atoms with Gasteiger partial charge in [-0.2, -0.15) is 0 Å². The number of benzene rings is 2. The Hall–Kier alpha value is -2.86. The van der Waals surface area contributed by atoms with Gasteiger partial charge in [-0.3, -0.25) is 4.79 Å². The van der Waals surface area contributed by atoms with E-state index in [1.54, 1.807) is 6.07 Å². The number of carbonyl (C=O) groups excluding carboxylic acids is 2. The molecule has 1 aliphatic heterocycles. The molecule has 1 fully saturated rings. The summed E-state index contributed by atoms with van der Waals surface area (Å²) in [4.78, 5) is 29.1. The highest BCUT2D eigenvalue weighted by Crippen LogP contribution is 2.48. The van der Waals surface area contributed by atoms with Crippen LogP contribution >= 0.6 is 0 Å². The van der Waals surface area contributed by atoms with Gasteiger partial charge in [0.2, 0.25) is 0 Å². The zero-order chi connectivity index (χ0) is 21.7. The fourth-order valence-electron chi connectivity index (χ4n) is 3.98. The number of carbonyl (C=O) groups is 2. The molecule has 30 heavy (non-hydrogen) atoms. The van der Waals surface area contributed by atoms with Crippen molar-refractivity contribution in [3.63, 3.8) is 0 Å². The highest BCUT2D eigenvalue weighted by Gasteiger charge is 2.48. The molecule has 1 saturated heterocycles. The van der Waals surface area contributed by atoms with E-state index in [1.165, 1.54) is 0 Å². The van der Waals surface area contributed by atoms with Crippen LogP contribution in [-0.4, -0.2) is 55.5 Å². The average molecular weight is 409 g/mol. The maximum atomic E-state index is 12.8. The first-order valence-corrected chi connectivity index (χ1v) is 10.4. The van der Waals surface area contributed by atoms with Crippen LogP contribution in [0.1, 0.15) is 41.4 Å². The first-order chi connectivity index (χ1) is 14.3. The Morgan fingerprint density at radius 1 is 1.07 bits per heavy atom. The van der Waals surface area contributed by atoms with E-state index in [2.05, 4.69) is 36.6 Å². The van der Waals surface area contributed by atoms with Crippen molar-refractivity contribution in [3.05, 3.63) is 71.3 Å². The summed E-state index contributed by atoms with van der Waals surface area (Å²) in [6.45, 7) is 6.86. The minimum absolute atomic E-state index is 0.0449. The minimum Gasteiger partial charge on any atom is -0.351 e. The molecule has 0 bridgehead atoms. The zero-order valence-corrected chi connectivity index (χ0v) is 18.3. The van der Waals surface area contributed by atoms with E-state index in [0.717, 1.165) is 17.7 Å². The molecule has 3 amide bonds. The Morgan fingerprint density at radius 3 is 2.47 bits per heavy atom. The van der Waals surface area contributed by atoms with Crippen molar-refractivity contribution in [1.29, 1.82) is 0 Å². The Morgan fingerprint density at radius 2 is 1.80 bits per heavy atom. The van der Waals surface area contributed by atoms with E-state index in [1.807, 2.05) is 60.3 Å². The lowest BCUT2D eigenvalue weighted by atomic mass is 9.72. The van der Waals surface area contributed by atoms with Gasteiger partial charge in [-0.25, -0.2) is 4.79 Å². The molecular weight excluding hydrogens is 376 g/mol. The van der Waals surface area contributed by atoms with Gasteiger partial charge < -0.3 is 20.4 Å². The van der Waals surface area contributed by atoms with E-state index in [9.17, 15) is 9.59 Å². The van der Waals surface area contributed by atoms with Crippen molar-refractivity contribution in [2.45, 2.75) is 26.4 Å². The number of likely N-dealkylation sites (tertiary alicyclic amines) is 1. The van der Waals surface area contributed by atoms with Crippen molar-refractivity contribution in [2.75, 3.05) is 33.7 Å². The number of hydrogen-bond acceptors (Lipinski definition) is 3. The molecule has 6 nitrogen and oxygen atoms in total. The van der Waals surface area contributed by atoms with Gasteiger partial charge >= 0.3 is 6.03 Å². The lowest BCUT2D eigenvalue weighted by Crippen LogP contribution is -2.60. The van der Waals surface area contributed by atoms with Gasteiger partial charge in [0.05, 0.1) is 6.04 Å². The van der Waals surface area contributed by atoms with Crippen molar-refractivity contribution in [2.24, 2.45) is 5.41 Å². The van der Waals surface area contributed by atoms with E-state index in [-0.39, 0.29) is 23.4 Å². The summed E-state index contributed by atoms with van der Waals surface area (Å²) < 4.78 is 0. The van der Waals surface area contributed by atoms with Crippen LogP contribution in [0.4, 0.5) is 4.79 Å². The number of hydrogen-bond donors (Lipinski definition) is 2. The minimum atomic E-state index is -0.0985. The second-order valence-electron chi connectivity index (χ2n) is 8.85. The first-order valence-electron chi connectivity index (χ1n) is 10.4. The van der Waals surface area contributed by atoms with Gasteiger partial charge in [-0.05, 0) is 37.4 Å². The van der Waals surface area contributed by atoms with Crippen molar-refractivity contribution in [1.82, 2.24) is 20.4 Å². The van der Waals surface area contributed by atoms with E-state index >= 15 is 0 Å². The smallest absolute Gasteiger partial charge is 0.318 e. The van der Waals surface area contributed by atoms with Crippen LogP contribution < -0.4 is 10.6 Å². The molecule has 2 N–H and O–H groups in total. The summed E-state index contributed by atoms with van der Waals surface area (Å²) in [6, 6.07) is 17.5. The van der Waals surface area contributed by atoms with Crippen LogP contribution in [0.15, 0.2) is 54.6 Å². The molecule has 1 aliphatic rings. The highest BCUT2D eigenvalue weighted by atomic mass is 16.2. The van der Waals surface area contributed by atoms with Crippen molar-refractivity contribution < 1.29 is 9.59 Å². The number of nitrogens with one attached hydrogen (secondary N) is 2. The summed E-state index contributed by atoms with van der Waals surface area (Å²) in [7, 11) is 3.94. The molecule has 3 rings (SSSR count).